The third-order valence-corrected chi connectivity index (χ3v) is 5.31. The summed E-state index contributed by atoms with van der Waals surface area (Å²) < 4.78 is 10.8. The van der Waals surface area contributed by atoms with Crippen LogP contribution < -0.4 is 4.74 Å². The lowest BCUT2D eigenvalue weighted by Gasteiger charge is -2.28. The molecule has 0 spiro atoms. The molecule has 0 aromatic heterocycles. The molecule has 26 heavy (non-hydrogen) atoms. The largest absolute Gasteiger partial charge is 0.496 e. The molecule has 1 saturated carbocycles. The fourth-order valence-corrected chi connectivity index (χ4v) is 3.97. The van der Waals surface area contributed by atoms with Crippen LogP contribution in [0.15, 0.2) is 48.5 Å². The number of carbonyl (C=O) groups is 1. The molecule has 0 saturated heterocycles. The summed E-state index contributed by atoms with van der Waals surface area (Å²) in [5.41, 5.74) is 3.79. The van der Waals surface area contributed by atoms with Gasteiger partial charge in [0.15, 0.2) is 0 Å². The number of hydrogen-bond acceptors (Lipinski definition) is 3. The maximum absolute atomic E-state index is 12.1. The van der Waals surface area contributed by atoms with Crippen molar-refractivity contribution in [2.24, 2.45) is 5.92 Å². The van der Waals surface area contributed by atoms with Crippen molar-refractivity contribution >= 4 is 5.97 Å². The Bertz CT molecular complexity index is 723. The Kier molecular flexibility index (Phi) is 6.32. The van der Waals surface area contributed by atoms with Crippen molar-refractivity contribution in [3.63, 3.8) is 0 Å². The van der Waals surface area contributed by atoms with Crippen LogP contribution in [-0.4, -0.2) is 19.7 Å². The van der Waals surface area contributed by atoms with Gasteiger partial charge in [0.1, 0.15) is 5.75 Å². The quantitative estimate of drug-likeness (QED) is 0.677. The van der Waals surface area contributed by atoms with Gasteiger partial charge in [-0.1, -0.05) is 48.9 Å². The van der Waals surface area contributed by atoms with Crippen molar-refractivity contribution in [1.29, 1.82) is 0 Å². The van der Waals surface area contributed by atoms with Crippen LogP contribution in [-0.2, 0) is 16.0 Å². The maximum Gasteiger partial charge on any atom is 0.308 e. The first kappa shape index (κ1) is 18.5. The van der Waals surface area contributed by atoms with Gasteiger partial charge in [-0.3, -0.25) is 4.79 Å². The number of benzene rings is 2. The van der Waals surface area contributed by atoms with Gasteiger partial charge in [0.25, 0.3) is 0 Å². The molecule has 0 N–H and O–H groups in total. The van der Waals surface area contributed by atoms with E-state index in [1.165, 1.54) is 16.7 Å². The zero-order valence-corrected chi connectivity index (χ0v) is 15.7. The van der Waals surface area contributed by atoms with Gasteiger partial charge in [0.05, 0.1) is 19.6 Å². The fourth-order valence-electron chi connectivity index (χ4n) is 3.97. The zero-order valence-electron chi connectivity index (χ0n) is 15.7. The summed E-state index contributed by atoms with van der Waals surface area (Å²) in [7, 11) is 1.72. The molecule has 2 aromatic carbocycles. The van der Waals surface area contributed by atoms with E-state index in [2.05, 4.69) is 42.5 Å². The highest BCUT2D eigenvalue weighted by Gasteiger charge is 2.29. The molecule has 1 aliphatic rings. The standard InChI is InChI=1S/C23H28O3/c1-3-26-23(24)20-11-7-10-18(15-20)19-12-13-22(25-2)21(16-19)14-17-8-5-4-6-9-17/h4-6,8-9,12-13,16,18,20H,3,7,10-11,14-15H2,1-2H3. The van der Waals surface area contributed by atoms with Crippen LogP contribution in [0.1, 0.15) is 55.2 Å². The molecular weight excluding hydrogens is 324 g/mol. The molecule has 0 amide bonds. The van der Waals surface area contributed by atoms with Gasteiger partial charge in [-0.15, -0.1) is 0 Å². The minimum absolute atomic E-state index is 0.0322. The highest BCUT2D eigenvalue weighted by molar-refractivity contribution is 5.72. The van der Waals surface area contributed by atoms with E-state index in [1.54, 1.807) is 7.11 Å². The number of methoxy groups -OCH3 is 1. The van der Waals surface area contributed by atoms with E-state index in [4.69, 9.17) is 9.47 Å². The van der Waals surface area contributed by atoms with Crippen LogP contribution >= 0.6 is 0 Å². The van der Waals surface area contributed by atoms with Gasteiger partial charge in [-0.2, -0.15) is 0 Å². The lowest BCUT2D eigenvalue weighted by atomic mass is 9.77. The summed E-state index contributed by atoms with van der Waals surface area (Å²) in [4.78, 5) is 12.1. The second-order valence-electron chi connectivity index (χ2n) is 7.05. The number of esters is 1. The second kappa shape index (κ2) is 8.88. The molecule has 3 heteroatoms. The Balaban J connectivity index is 1.79. The van der Waals surface area contributed by atoms with Crippen LogP contribution in [0.5, 0.6) is 5.75 Å². The van der Waals surface area contributed by atoms with E-state index < -0.39 is 0 Å². The number of carbonyl (C=O) groups excluding carboxylic acids is 1. The van der Waals surface area contributed by atoms with E-state index in [0.29, 0.717) is 12.5 Å². The molecule has 3 rings (SSSR count). The Labute approximate surface area is 156 Å². The molecule has 2 aromatic rings. The van der Waals surface area contributed by atoms with Gasteiger partial charge < -0.3 is 9.47 Å². The van der Waals surface area contributed by atoms with Crippen LogP contribution in [0.4, 0.5) is 0 Å². The van der Waals surface area contributed by atoms with Crippen molar-refractivity contribution in [3.8, 4) is 5.75 Å². The minimum atomic E-state index is -0.0322. The molecule has 1 fully saturated rings. The number of hydrogen-bond donors (Lipinski definition) is 0. The Morgan fingerprint density at radius 1 is 1.12 bits per heavy atom. The average molecular weight is 352 g/mol. The Hall–Kier alpha value is -2.29. The van der Waals surface area contributed by atoms with Gasteiger partial charge in [-0.25, -0.2) is 0 Å². The lowest BCUT2D eigenvalue weighted by molar-refractivity contribution is -0.149. The van der Waals surface area contributed by atoms with Crippen LogP contribution in [0.25, 0.3) is 0 Å². The van der Waals surface area contributed by atoms with Gasteiger partial charge in [0.2, 0.25) is 0 Å². The van der Waals surface area contributed by atoms with Crippen LogP contribution in [0, 0.1) is 5.92 Å². The van der Waals surface area contributed by atoms with Crippen molar-refractivity contribution in [2.45, 2.75) is 44.9 Å². The van der Waals surface area contributed by atoms with Crippen LogP contribution in [0.3, 0.4) is 0 Å². The molecule has 0 bridgehead atoms. The zero-order chi connectivity index (χ0) is 18.4. The summed E-state index contributed by atoms with van der Waals surface area (Å²) in [6.45, 7) is 2.33. The van der Waals surface area contributed by atoms with E-state index in [0.717, 1.165) is 37.9 Å². The smallest absolute Gasteiger partial charge is 0.308 e. The maximum atomic E-state index is 12.1. The van der Waals surface area contributed by atoms with Gasteiger partial charge in [-0.05, 0) is 54.9 Å². The predicted molar refractivity (Wildman–Crippen MR) is 104 cm³/mol. The first-order valence-electron chi connectivity index (χ1n) is 9.58. The first-order valence-corrected chi connectivity index (χ1v) is 9.58. The van der Waals surface area contributed by atoms with E-state index >= 15 is 0 Å². The third kappa shape index (κ3) is 4.46. The molecular formula is C23H28O3. The lowest BCUT2D eigenvalue weighted by Crippen LogP contribution is -2.24. The van der Waals surface area contributed by atoms with E-state index in [-0.39, 0.29) is 11.9 Å². The summed E-state index contributed by atoms with van der Waals surface area (Å²) in [6, 6.07) is 17.0. The summed E-state index contributed by atoms with van der Waals surface area (Å²) in [5.74, 6) is 1.34. The highest BCUT2D eigenvalue weighted by Crippen LogP contribution is 2.38. The Morgan fingerprint density at radius 3 is 2.65 bits per heavy atom. The average Bonchev–Trinajstić information content (AvgIpc) is 2.69. The summed E-state index contributed by atoms with van der Waals surface area (Å²) in [6.07, 6.45) is 4.89. The molecule has 2 atom stereocenters. The molecule has 138 valence electrons. The number of ether oxygens (including phenoxy) is 2. The summed E-state index contributed by atoms with van der Waals surface area (Å²) in [5, 5.41) is 0. The SMILES string of the molecule is CCOC(=O)C1CCCC(c2ccc(OC)c(Cc3ccccc3)c2)C1. The second-order valence-corrected chi connectivity index (χ2v) is 7.05. The van der Waals surface area contributed by atoms with Gasteiger partial charge in [0, 0.05) is 6.42 Å². The van der Waals surface area contributed by atoms with Crippen molar-refractivity contribution in [2.75, 3.05) is 13.7 Å². The van der Waals surface area contributed by atoms with E-state index in [9.17, 15) is 4.79 Å². The molecule has 1 aliphatic carbocycles. The molecule has 0 heterocycles. The van der Waals surface area contributed by atoms with Crippen LogP contribution in [0.2, 0.25) is 0 Å². The topological polar surface area (TPSA) is 35.5 Å². The van der Waals surface area contributed by atoms with E-state index in [1.807, 2.05) is 13.0 Å². The monoisotopic (exact) mass is 352 g/mol. The first-order chi connectivity index (χ1) is 12.7. The molecule has 0 radical (unpaired) electrons. The highest BCUT2D eigenvalue weighted by atomic mass is 16.5. The van der Waals surface area contributed by atoms with Gasteiger partial charge >= 0.3 is 5.97 Å². The van der Waals surface area contributed by atoms with Crippen molar-refractivity contribution < 1.29 is 14.3 Å². The number of rotatable bonds is 6. The summed E-state index contributed by atoms with van der Waals surface area (Å²) >= 11 is 0. The fraction of sp³-hybridized carbons (Fsp3) is 0.435. The molecule has 2 unspecified atom stereocenters. The minimum Gasteiger partial charge on any atom is -0.496 e. The molecule has 3 nitrogen and oxygen atoms in total. The predicted octanol–water partition coefficient (Wildman–Crippen LogP) is 5.12. The van der Waals surface area contributed by atoms with Crippen molar-refractivity contribution in [1.82, 2.24) is 0 Å². The normalized spacial score (nSPS) is 19.8. The van der Waals surface area contributed by atoms with Crippen molar-refractivity contribution in [3.05, 3.63) is 65.2 Å². The molecule has 0 aliphatic heterocycles. The third-order valence-electron chi connectivity index (χ3n) is 5.31. The Morgan fingerprint density at radius 2 is 1.92 bits per heavy atom.